The minimum Gasteiger partial charge on any atom is -0.0654 e. The Bertz CT molecular complexity index is 281. The molecule has 0 heterocycles. The zero-order valence-corrected chi connectivity index (χ0v) is 11.8. The summed E-state index contributed by atoms with van der Waals surface area (Å²) in [6.45, 7) is 6.78. The monoisotopic (exact) mass is 232 g/mol. The van der Waals surface area contributed by atoms with Gasteiger partial charge in [0.15, 0.2) is 0 Å². The molecule has 0 amide bonds. The van der Waals surface area contributed by atoms with Crippen LogP contribution in [0.4, 0.5) is 0 Å². The fourth-order valence-electron chi connectivity index (χ4n) is 2.18. The van der Waals surface area contributed by atoms with E-state index in [-0.39, 0.29) is 0 Å². The van der Waals surface area contributed by atoms with E-state index < -0.39 is 0 Å². The molecule has 0 N–H and O–H groups in total. The largest absolute Gasteiger partial charge is 0.0654 e. The highest BCUT2D eigenvalue weighted by atomic mass is 14.0. The van der Waals surface area contributed by atoms with E-state index in [1.54, 1.807) is 0 Å². The van der Waals surface area contributed by atoms with E-state index in [9.17, 15) is 0 Å². The molecule has 0 fully saturated rings. The van der Waals surface area contributed by atoms with E-state index in [1.165, 1.54) is 56.1 Å². The van der Waals surface area contributed by atoms with E-state index >= 15 is 0 Å². The normalized spacial score (nSPS) is 11.1. The number of hydrogen-bond acceptors (Lipinski definition) is 0. The number of unbranched alkanes of at least 4 members (excludes halogenated alkanes) is 5. The molecule has 0 saturated heterocycles. The van der Waals surface area contributed by atoms with Gasteiger partial charge in [0.25, 0.3) is 0 Å². The predicted molar refractivity (Wildman–Crippen MR) is 77.6 cm³/mol. The van der Waals surface area contributed by atoms with E-state index in [1.807, 2.05) is 0 Å². The highest BCUT2D eigenvalue weighted by molar-refractivity contribution is 5.24. The summed E-state index contributed by atoms with van der Waals surface area (Å²) >= 11 is 0. The minimum atomic E-state index is 0.651. The van der Waals surface area contributed by atoms with Crippen molar-refractivity contribution < 1.29 is 0 Å². The van der Waals surface area contributed by atoms with Gasteiger partial charge >= 0.3 is 0 Å². The van der Waals surface area contributed by atoms with Gasteiger partial charge in [0.2, 0.25) is 0 Å². The topological polar surface area (TPSA) is 0 Å². The second-order valence-electron chi connectivity index (χ2n) is 5.41. The van der Waals surface area contributed by atoms with Crippen molar-refractivity contribution in [1.82, 2.24) is 0 Å². The van der Waals surface area contributed by atoms with E-state index in [4.69, 9.17) is 0 Å². The molecule has 96 valence electrons. The summed E-state index contributed by atoms with van der Waals surface area (Å²) in [7, 11) is 0. The van der Waals surface area contributed by atoms with E-state index in [0.717, 1.165) is 0 Å². The maximum Gasteiger partial charge on any atom is -0.0219 e. The average Bonchev–Trinajstić information content (AvgIpc) is 2.34. The lowest BCUT2D eigenvalue weighted by atomic mass is 9.99. The molecule has 0 unspecified atom stereocenters. The number of rotatable bonds is 8. The molecular formula is C17H28. The molecule has 0 aliphatic rings. The van der Waals surface area contributed by atoms with Crippen molar-refractivity contribution in [3.63, 3.8) is 0 Å². The molecule has 1 aromatic rings. The Labute approximate surface area is 107 Å². The first-order valence-corrected chi connectivity index (χ1v) is 7.33. The van der Waals surface area contributed by atoms with Gasteiger partial charge in [0.05, 0.1) is 0 Å². The highest BCUT2D eigenvalue weighted by Crippen LogP contribution is 2.16. The van der Waals surface area contributed by atoms with Crippen LogP contribution in [0.3, 0.4) is 0 Å². The summed E-state index contributed by atoms with van der Waals surface area (Å²) in [6.07, 6.45) is 9.58. The highest BCUT2D eigenvalue weighted by Gasteiger charge is 1.99. The Morgan fingerprint density at radius 3 is 2.00 bits per heavy atom. The molecule has 0 heteroatoms. The van der Waals surface area contributed by atoms with Crippen molar-refractivity contribution in [3.8, 4) is 0 Å². The fourth-order valence-corrected chi connectivity index (χ4v) is 2.18. The molecule has 1 aromatic carbocycles. The standard InChI is InChI=1S/C17H28/c1-4-5-6-7-8-9-10-16-11-13-17(14-12-16)15(2)3/h11-15H,4-10H2,1-3H3. The smallest absolute Gasteiger partial charge is 0.0219 e. The van der Waals surface area contributed by atoms with Gasteiger partial charge < -0.3 is 0 Å². The Morgan fingerprint density at radius 2 is 1.41 bits per heavy atom. The van der Waals surface area contributed by atoms with Gasteiger partial charge in [-0.15, -0.1) is 0 Å². The Kier molecular flexibility index (Phi) is 7.00. The molecule has 0 aliphatic heterocycles. The fraction of sp³-hybridized carbons (Fsp3) is 0.647. The molecule has 0 atom stereocenters. The molecular weight excluding hydrogens is 204 g/mol. The van der Waals surface area contributed by atoms with Gasteiger partial charge in [-0.3, -0.25) is 0 Å². The average molecular weight is 232 g/mol. The van der Waals surface area contributed by atoms with Crippen LogP contribution in [0.2, 0.25) is 0 Å². The Balaban J connectivity index is 2.19. The summed E-state index contributed by atoms with van der Waals surface area (Å²) in [4.78, 5) is 0. The third-order valence-corrected chi connectivity index (χ3v) is 3.47. The molecule has 0 aromatic heterocycles. The lowest BCUT2D eigenvalue weighted by molar-refractivity contribution is 0.607. The maximum atomic E-state index is 2.31. The van der Waals surface area contributed by atoms with Crippen molar-refractivity contribution in [2.24, 2.45) is 0 Å². The van der Waals surface area contributed by atoms with Crippen LogP contribution in [0.25, 0.3) is 0 Å². The molecule has 0 nitrogen and oxygen atoms in total. The second-order valence-corrected chi connectivity index (χ2v) is 5.41. The first kappa shape index (κ1) is 14.3. The van der Waals surface area contributed by atoms with Crippen LogP contribution in [0.5, 0.6) is 0 Å². The first-order valence-electron chi connectivity index (χ1n) is 7.33. The van der Waals surface area contributed by atoms with Crippen LogP contribution in [0, 0.1) is 0 Å². The summed E-state index contributed by atoms with van der Waals surface area (Å²) in [5.41, 5.74) is 2.96. The molecule has 0 bridgehead atoms. The third-order valence-electron chi connectivity index (χ3n) is 3.47. The lowest BCUT2D eigenvalue weighted by Crippen LogP contribution is -1.90. The number of benzene rings is 1. The minimum absolute atomic E-state index is 0.651. The lowest BCUT2D eigenvalue weighted by Gasteiger charge is -2.07. The predicted octanol–water partition coefficient (Wildman–Crippen LogP) is 5.71. The Hall–Kier alpha value is -0.780. The number of hydrogen-bond donors (Lipinski definition) is 0. The van der Waals surface area contributed by atoms with Crippen molar-refractivity contribution in [1.29, 1.82) is 0 Å². The third kappa shape index (κ3) is 5.91. The van der Waals surface area contributed by atoms with Gasteiger partial charge in [-0.05, 0) is 29.9 Å². The van der Waals surface area contributed by atoms with Gasteiger partial charge in [-0.25, -0.2) is 0 Å². The van der Waals surface area contributed by atoms with Crippen LogP contribution < -0.4 is 0 Å². The summed E-state index contributed by atoms with van der Waals surface area (Å²) in [5, 5.41) is 0. The SMILES string of the molecule is CCCCCCCCc1ccc(C(C)C)cc1. The molecule has 0 saturated carbocycles. The van der Waals surface area contributed by atoms with Gasteiger partial charge in [0, 0.05) is 0 Å². The zero-order valence-electron chi connectivity index (χ0n) is 11.8. The van der Waals surface area contributed by atoms with Crippen LogP contribution >= 0.6 is 0 Å². The zero-order chi connectivity index (χ0) is 12.5. The molecule has 0 aliphatic carbocycles. The van der Waals surface area contributed by atoms with Gasteiger partial charge in [-0.2, -0.15) is 0 Å². The molecule has 0 spiro atoms. The maximum absolute atomic E-state index is 2.31. The van der Waals surface area contributed by atoms with E-state index in [2.05, 4.69) is 45.0 Å². The van der Waals surface area contributed by atoms with Crippen molar-refractivity contribution in [2.45, 2.75) is 71.6 Å². The van der Waals surface area contributed by atoms with Crippen LogP contribution in [0.1, 0.15) is 76.3 Å². The summed E-state index contributed by atoms with van der Waals surface area (Å²) < 4.78 is 0. The van der Waals surface area contributed by atoms with Crippen LogP contribution in [-0.2, 0) is 6.42 Å². The molecule has 1 rings (SSSR count). The number of aryl methyl sites for hydroxylation is 1. The van der Waals surface area contributed by atoms with Gasteiger partial charge in [0.1, 0.15) is 0 Å². The Morgan fingerprint density at radius 1 is 0.824 bits per heavy atom. The molecule has 17 heavy (non-hydrogen) atoms. The quantitative estimate of drug-likeness (QED) is 0.503. The molecule has 0 radical (unpaired) electrons. The summed E-state index contributed by atoms with van der Waals surface area (Å²) in [5.74, 6) is 0.651. The van der Waals surface area contributed by atoms with E-state index in [0.29, 0.717) is 5.92 Å². The van der Waals surface area contributed by atoms with Crippen molar-refractivity contribution in [2.75, 3.05) is 0 Å². The summed E-state index contributed by atoms with van der Waals surface area (Å²) in [6, 6.07) is 9.19. The van der Waals surface area contributed by atoms with Crippen LogP contribution in [-0.4, -0.2) is 0 Å². The van der Waals surface area contributed by atoms with Crippen molar-refractivity contribution in [3.05, 3.63) is 35.4 Å². The van der Waals surface area contributed by atoms with Crippen LogP contribution in [0.15, 0.2) is 24.3 Å². The van der Waals surface area contributed by atoms with Gasteiger partial charge in [-0.1, -0.05) is 77.1 Å². The van der Waals surface area contributed by atoms with Crippen molar-refractivity contribution >= 4 is 0 Å². The first-order chi connectivity index (χ1) is 8.24. The second kappa shape index (κ2) is 8.33.